The van der Waals surface area contributed by atoms with Crippen molar-refractivity contribution in [2.75, 3.05) is 0 Å². The number of hydrogen-bond acceptors (Lipinski definition) is 3. The second kappa shape index (κ2) is 11.9. The van der Waals surface area contributed by atoms with Gasteiger partial charge in [0.25, 0.3) is 0 Å². The second-order valence-corrected chi connectivity index (χ2v) is 4.61. The quantitative estimate of drug-likeness (QED) is 0.843. The van der Waals surface area contributed by atoms with Crippen molar-refractivity contribution in [3.63, 3.8) is 0 Å². The molecule has 4 nitrogen and oxygen atoms in total. The first-order valence-corrected chi connectivity index (χ1v) is 7.10. The molecule has 0 heterocycles. The Bertz CT molecular complexity index is 504. The summed E-state index contributed by atoms with van der Waals surface area (Å²) in [5.74, 6) is 0.423. The number of nitriles is 1. The van der Waals surface area contributed by atoms with Crippen LogP contribution in [0.5, 0.6) is 0 Å². The number of benzene rings is 1. The number of ether oxygens (including phenoxy) is 1. The van der Waals surface area contributed by atoms with Gasteiger partial charge >= 0.3 is 23.2 Å². The Hall–Kier alpha value is -1.50. The Morgan fingerprint density at radius 2 is 1.62 bits per heavy atom. The third-order valence-corrected chi connectivity index (χ3v) is 2.94. The van der Waals surface area contributed by atoms with Crippen LogP contribution in [0, 0.1) is 74.7 Å². The average Bonchev–Trinajstić information content (AvgIpc) is 3.28. The molecule has 0 atom stereocenters. The number of nitrogens with zero attached hydrogens (tertiary/aromatic N) is 1. The minimum absolute atomic E-state index is 0. The van der Waals surface area contributed by atoms with E-state index in [0.29, 0.717) is 12.0 Å². The van der Waals surface area contributed by atoms with E-state index in [1.807, 2.05) is 68.5 Å². The monoisotopic (exact) mass is 360 g/mol. The molecule has 10 radical (unpaired) electrons. The van der Waals surface area contributed by atoms with Gasteiger partial charge in [-0.1, -0.05) is 30.3 Å². The second-order valence-electron chi connectivity index (χ2n) is 4.61. The van der Waals surface area contributed by atoms with Crippen LogP contribution in [0.2, 0.25) is 0 Å². The van der Waals surface area contributed by atoms with Gasteiger partial charge in [-0.2, -0.15) is 5.26 Å². The molecular weight excluding hydrogens is 344 g/mol. The molecule has 2 aliphatic carbocycles. The van der Waals surface area contributed by atoms with Gasteiger partial charge in [0.2, 0.25) is 0 Å². The Morgan fingerprint density at radius 1 is 1.00 bits per heavy atom. The van der Waals surface area contributed by atoms with Gasteiger partial charge in [-0.15, -0.1) is 0 Å². The SMILES string of the molecule is N#C[C]1[CH][CH][CH][C]1NC(=O)OCc1ccccc1.[CH]1[CH][CH][CH][CH]1.[Fe+2]. The molecule has 0 unspecified atom stereocenters. The fourth-order valence-corrected chi connectivity index (χ4v) is 1.82. The molecule has 1 amide bonds. The number of hydrogen-bond donors (Lipinski definition) is 1. The molecular formula is C19H16FeN2O2+2. The molecule has 5 heteroatoms. The van der Waals surface area contributed by atoms with Crippen molar-refractivity contribution >= 4 is 6.09 Å². The van der Waals surface area contributed by atoms with Gasteiger partial charge < -0.3 is 10.1 Å². The Labute approximate surface area is 155 Å². The maximum absolute atomic E-state index is 11.5. The van der Waals surface area contributed by atoms with Crippen molar-refractivity contribution in [2.24, 2.45) is 0 Å². The standard InChI is InChI=1S/C14H11N2O2.C5H5.Fe/c15-9-12-7-4-8-13(12)16-14(17)18-10-11-5-2-1-3-6-11;1-2-4-5-3-1;/h1-8H,10H2,(H,16,17);1-5H;/q;;+2. The third kappa shape index (κ3) is 7.38. The number of rotatable bonds is 3. The summed E-state index contributed by atoms with van der Waals surface area (Å²) >= 11 is 0. The summed E-state index contributed by atoms with van der Waals surface area (Å²) in [6, 6.07) is 11.8. The zero-order valence-electron chi connectivity index (χ0n) is 12.8. The van der Waals surface area contributed by atoms with E-state index in [-0.39, 0.29) is 23.7 Å². The molecule has 0 aliphatic heterocycles. The molecule has 2 saturated carbocycles. The zero-order valence-corrected chi connectivity index (χ0v) is 13.9. The summed E-state index contributed by atoms with van der Waals surface area (Å²) in [6.07, 6.45) is 14.4. The van der Waals surface area contributed by atoms with Gasteiger partial charge in [0.15, 0.2) is 0 Å². The number of amides is 1. The van der Waals surface area contributed by atoms with E-state index < -0.39 is 6.09 Å². The first-order chi connectivity index (χ1) is 11.3. The number of carbonyl (C=O) groups excluding carboxylic acids is 1. The fraction of sp³-hybridized carbons (Fsp3) is 0.0526. The van der Waals surface area contributed by atoms with Crippen LogP contribution in [0.4, 0.5) is 4.79 Å². The van der Waals surface area contributed by atoms with E-state index in [4.69, 9.17) is 10.00 Å². The Morgan fingerprint density at radius 3 is 2.21 bits per heavy atom. The topological polar surface area (TPSA) is 62.1 Å². The smallest absolute Gasteiger partial charge is 0.445 e. The van der Waals surface area contributed by atoms with Crippen LogP contribution in [0.1, 0.15) is 5.56 Å². The number of carbonyl (C=O) groups is 1. The van der Waals surface area contributed by atoms with Gasteiger partial charge in [-0.05, 0) is 56.9 Å². The van der Waals surface area contributed by atoms with Gasteiger partial charge in [0.05, 0.1) is 12.1 Å². The van der Waals surface area contributed by atoms with Crippen molar-refractivity contribution in [1.29, 1.82) is 5.26 Å². The molecule has 120 valence electrons. The normalized spacial score (nSPS) is 17.1. The number of nitrogens with one attached hydrogen (secondary N) is 1. The maximum Gasteiger partial charge on any atom is 2.00 e. The summed E-state index contributed by atoms with van der Waals surface area (Å²) < 4.78 is 5.04. The molecule has 1 N–H and O–H groups in total. The largest absolute Gasteiger partial charge is 2.00 e. The summed E-state index contributed by atoms with van der Waals surface area (Å²) in [7, 11) is 0. The van der Waals surface area contributed by atoms with Gasteiger partial charge in [0.1, 0.15) is 12.5 Å². The van der Waals surface area contributed by atoms with Crippen LogP contribution < -0.4 is 5.32 Å². The molecule has 2 aliphatic rings. The van der Waals surface area contributed by atoms with E-state index in [1.54, 1.807) is 19.3 Å². The van der Waals surface area contributed by atoms with E-state index in [1.165, 1.54) is 0 Å². The molecule has 0 spiro atoms. The van der Waals surface area contributed by atoms with Crippen molar-refractivity contribution in [2.45, 2.75) is 6.61 Å². The predicted molar refractivity (Wildman–Crippen MR) is 86.3 cm³/mol. The third-order valence-electron chi connectivity index (χ3n) is 2.94. The fourth-order valence-electron chi connectivity index (χ4n) is 1.82. The van der Waals surface area contributed by atoms with Crippen LogP contribution in [-0.2, 0) is 28.4 Å². The molecule has 24 heavy (non-hydrogen) atoms. The average molecular weight is 360 g/mol. The Kier molecular flexibility index (Phi) is 10.2. The summed E-state index contributed by atoms with van der Waals surface area (Å²) in [5, 5.41) is 11.3. The van der Waals surface area contributed by atoms with Crippen LogP contribution in [0.25, 0.3) is 0 Å². The molecule has 1 aromatic rings. The molecule has 0 aromatic heterocycles. The predicted octanol–water partition coefficient (Wildman–Crippen LogP) is 3.19. The van der Waals surface area contributed by atoms with E-state index in [0.717, 1.165) is 5.56 Å². The molecule has 0 saturated heterocycles. The van der Waals surface area contributed by atoms with Crippen molar-refractivity contribution < 1.29 is 26.6 Å². The van der Waals surface area contributed by atoms with Gasteiger partial charge in [-0.25, -0.2) is 4.79 Å². The zero-order chi connectivity index (χ0) is 16.3. The first kappa shape index (κ1) is 20.5. The first-order valence-electron chi connectivity index (χ1n) is 7.10. The van der Waals surface area contributed by atoms with E-state index in [9.17, 15) is 4.79 Å². The summed E-state index contributed by atoms with van der Waals surface area (Å²) in [4.78, 5) is 11.5. The minimum Gasteiger partial charge on any atom is -0.445 e. The van der Waals surface area contributed by atoms with Crippen LogP contribution in [0.15, 0.2) is 30.3 Å². The van der Waals surface area contributed by atoms with Crippen LogP contribution >= 0.6 is 0 Å². The summed E-state index contributed by atoms with van der Waals surface area (Å²) in [6.45, 7) is 0.204. The molecule has 1 aromatic carbocycles. The van der Waals surface area contributed by atoms with Gasteiger partial charge in [0, 0.05) is 0 Å². The minimum atomic E-state index is -0.568. The van der Waals surface area contributed by atoms with E-state index in [2.05, 4.69) is 5.32 Å². The molecule has 3 rings (SSSR count). The molecule has 2 fully saturated rings. The van der Waals surface area contributed by atoms with Crippen molar-refractivity contribution in [3.05, 3.63) is 99.2 Å². The summed E-state index contributed by atoms with van der Waals surface area (Å²) in [5.41, 5.74) is 0.913. The maximum atomic E-state index is 11.5. The van der Waals surface area contributed by atoms with Crippen molar-refractivity contribution in [1.82, 2.24) is 5.32 Å². The number of alkyl carbamates (subject to hydrolysis) is 1. The van der Waals surface area contributed by atoms with Crippen LogP contribution in [-0.4, -0.2) is 6.09 Å². The van der Waals surface area contributed by atoms with Crippen LogP contribution in [0.3, 0.4) is 0 Å². The Balaban J connectivity index is 0.000000412. The van der Waals surface area contributed by atoms with E-state index >= 15 is 0 Å². The van der Waals surface area contributed by atoms with Crippen molar-refractivity contribution in [3.8, 4) is 6.07 Å². The molecule has 0 bridgehead atoms. The van der Waals surface area contributed by atoms with Gasteiger partial charge in [-0.3, -0.25) is 0 Å².